The van der Waals surface area contributed by atoms with Crippen LogP contribution in [0.25, 0.3) is 0 Å². The molecule has 2 rings (SSSR count). The molecule has 98 valence electrons. The molecule has 1 heterocycles. The van der Waals surface area contributed by atoms with Gasteiger partial charge in [0.25, 0.3) is 0 Å². The third-order valence-electron chi connectivity index (χ3n) is 2.56. The maximum Gasteiger partial charge on any atom is 0.138 e. The van der Waals surface area contributed by atoms with Gasteiger partial charge < -0.3 is 5.11 Å². The Morgan fingerprint density at radius 3 is 2.89 bits per heavy atom. The maximum absolute atomic E-state index is 13.5. The van der Waals surface area contributed by atoms with Crippen molar-refractivity contribution in [2.45, 2.75) is 13.5 Å². The Kier molecular flexibility index (Phi) is 4.20. The Morgan fingerprint density at radius 1 is 1.47 bits per heavy atom. The van der Waals surface area contributed by atoms with Gasteiger partial charge in [-0.25, -0.2) is 4.39 Å². The first-order valence-corrected chi connectivity index (χ1v) is 6.05. The van der Waals surface area contributed by atoms with Crippen LogP contribution in [-0.2, 0) is 6.54 Å². The van der Waals surface area contributed by atoms with Crippen molar-refractivity contribution in [3.05, 3.63) is 52.1 Å². The number of aryl methyl sites for hydroxylation is 1. The van der Waals surface area contributed by atoms with Gasteiger partial charge in [-0.2, -0.15) is 5.10 Å². The molecular formula is C14H12ClFN2O. The highest BCUT2D eigenvalue weighted by Gasteiger charge is 2.05. The monoisotopic (exact) mass is 278 g/mol. The predicted molar refractivity (Wildman–Crippen MR) is 71.4 cm³/mol. The van der Waals surface area contributed by atoms with Crippen molar-refractivity contribution in [1.82, 2.24) is 9.78 Å². The van der Waals surface area contributed by atoms with E-state index in [0.29, 0.717) is 11.6 Å². The van der Waals surface area contributed by atoms with Crippen molar-refractivity contribution in [2.24, 2.45) is 0 Å². The Balaban J connectivity index is 2.26. The minimum atomic E-state index is -0.403. The molecule has 1 aromatic carbocycles. The molecule has 0 unspecified atom stereocenters. The molecule has 0 bridgehead atoms. The van der Waals surface area contributed by atoms with Crippen LogP contribution in [-0.4, -0.2) is 21.5 Å². The summed E-state index contributed by atoms with van der Waals surface area (Å²) in [6, 6.07) is 4.67. The zero-order chi connectivity index (χ0) is 13.8. The first kappa shape index (κ1) is 13.6. The van der Waals surface area contributed by atoms with Crippen LogP contribution in [0.5, 0.6) is 0 Å². The Labute approximate surface area is 115 Å². The van der Waals surface area contributed by atoms with E-state index in [1.54, 1.807) is 23.0 Å². The largest absolute Gasteiger partial charge is 0.384 e. The lowest BCUT2D eigenvalue weighted by molar-refractivity contribution is 0.350. The van der Waals surface area contributed by atoms with E-state index in [-0.39, 0.29) is 12.2 Å². The van der Waals surface area contributed by atoms with E-state index < -0.39 is 5.82 Å². The van der Waals surface area contributed by atoms with Gasteiger partial charge in [-0.05, 0) is 24.6 Å². The molecule has 0 aliphatic carbocycles. The van der Waals surface area contributed by atoms with Crippen molar-refractivity contribution < 1.29 is 9.50 Å². The van der Waals surface area contributed by atoms with Gasteiger partial charge in [-0.15, -0.1) is 0 Å². The van der Waals surface area contributed by atoms with Crippen molar-refractivity contribution in [1.29, 1.82) is 0 Å². The second-order valence-electron chi connectivity index (χ2n) is 4.03. The average Bonchev–Trinajstić information content (AvgIpc) is 2.69. The maximum atomic E-state index is 13.5. The molecule has 0 fully saturated rings. The average molecular weight is 279 g/mol. The number of rotatable bonds is 2. The van der Waals surface area contributed by atoms with Crippen LogP contribution in [0, 0.1) is 24.6 Å². The van der Waals surface area contributed by atoms with Crippen molar-refractivity contribution in [3.63, 3.8) is 0 Å². The fourth-order valence-electron chi connectivity index (χ4n) is 1.66. The summed E-state index contributed by atoms with van der Waals surface area (Å²) in [7, 11) is 0. The second kappa shape index (κ2) is 5.87. The zero-order valence-corrected chi connectivity index (χ0v) is 11.1. The molecule has 1 aromatic heterocycles. The summed E-state index contributed by atoms with van der Waals surface area (Å²) in [5, 5.41) is 13.5. The number of benzene rings is 1. The van der Waals surface area contributed by atoms with E-state index in [4.69, 9.17) is 16.7 Å². The molecular weight excluding hydrogens is 267 g/mol. The highest BCUT2D eigenvalue weighted by atomic mass is 35.5. The molecule has 2 aromatic rings. The summed E-state index contributed by atoms with van der Waals surface area (Å²) in [6.45, 7) is 2.01. The summed E-state index contributed by atoms with van der Waals surface area (Å²) < 4.78 is 15.2. The van der Waals surface area contributed by atoms with E-state index in [2.05, 4.69) is 16.9 Å². The predicted octanol–water partition coefficient (Wildman–Crippen LogP) is 2.38. The number of halogens is 2. The second-order valence-corrected chi connectivity index (χ2v) is 4.44. The van der Waals surface area contributed by atoms with Crippen LogP contribution in [0.2, 0.25) is 5.02 Å². The summed E-state index contributed by atoms with van der Waals surface area (Å²) >= 11 is 5.93. The molecule has 0 aliphatic heterocycles. The van der Waals surface area contributed by atoms with Crippen LogP contribution >= 0.6 is 11.6 Å². The molecule has 0 aliphatic rings. The Morgan fingerprint density at radius 2 is 2.26 bits per heavy atom. The third kappa shape index (κ3) is 3.34. The standard InChI is InChI=1S/C14H12ClFN2O/c1-10-13(15)9-18(17-10)8-11-4-5-14(16)12(7-11)3-2-6-19/h4-5,7,9,19H,6,8H2,1H3. The van der Waals surface area contributed by atoms with Gasteiger partial charge in [0.05, 0.1) is 22.8 Å². The summed E-state index contributed by atoms with van der Waals surface area (Å²) in [4.78, 5) is 0. The summed E-state index contributed by atoms with van der Waals surface area (Å²) in [5.74, 6) is 4.60. The molecule has 0 atom stereocenters. The number of aromatic nitrogens is 2. The van der Waals surface area contributed by atoms with Gasteiger partial charge in [0.15, 0.2) is 0 Å². The fourth-order valence-corrected chi connectivity index (χ4v) is 1.81. The molecule has 0 saturated carbocycles. The SMILES string of the molecule is Cc1nn(Cc2ccc(F)c(C#CCO)c2)cc1Cl. The first-order chi connectivity index (χ1) is 9.10. The lowest BCUT2D eigenvalue weighted by atomic mass is 10.1. The van der Waals surface area contributed by atoms with E-state index >= 15 is 0 Å². The fraction of sp³-hybridized carbons (Fsp3) is 0.214. The minimum absolute atomic E-state index is 0.265. The smallest absolute Gasteiger partial charge is 0.138 e. The summed E-state index contributed by atoms with van der Waals surface area (Å²) in [6.07, 6.45) is 1.72. The molecule has 3 nitrogen and oxygen atoms in total. The number of hydrogen-bond acceptors (Lipinski definition) is 2. The Bertz CT molecular complexity index is 636. The number of nitrogens with zero attached hydrogens (tertiary/aromatic N) is 2. The van der Waals surface area contributed by atoms with E-state index in [0.717, 1.165) is 11.3 Å². The first-order valence-electron chi connectivity index (χ1n) is 5.68. The van der Waals surface area contributed by atoms with Crippen molar-refractivity contribution in [3.8, 4) is 11.8 Å². The van der Waals surface area contributed by atoms with E-state index in [1.807, 2.05) is 6.92 Å². The molecule has 0 amide bonds. The van der Waals surface area contributed by atoms with Gasteiger partial charge in [0, 0.05) is 6.20 Å². The van der Waals surface area contributed by atoms with Gasteiger partial charge in [0.2, 0.25) is 0 Å². The molecule has 0 saturated heterocycles. The lowest BCUT2D eigenvalue weighted by Gasteiger charge is -2.03. The Hall–Kier alpha value is -1.83. The van der Waals surface area contributed by atoms with Crippen LogP contribution in [0.15, 0.2) is 24.4 Å². The number of aliphatic hydroxyl groups is 1. The van der Waals surface area contributed by atoms with Crippen LogP contribution in [0.3, 0.4) is 0 Å². The van der Waals surface area contributed by atoms with Gasteiger partial charge in [-0.3, -0.25) is 4.68 Å². The van der Waals surface area contributed by atoms with Gasteiger partial charge in [0.1, 0.15) is 12.4 Å². The number of hydrogen-bond donors (Lipinski definition) is 1. The minimum Gasteiger partial charge on any atom is -0.384 e. The van der Waals surface area contributed by atoms with E-state index in [9.17, 15) is 4.39 Å². The summed E-state index contributed by atoms with van der Waals surface area (Å²) in [5.41, 5.74) is 1.88. The highest BCUT2D eigenvalue weighted by molar-refractivity contribution is 6.31. The molecule has 0 radical (unpaired) electrons. The van der Waals surface area contributed by atoms with Crippen LogP contribution in [0.1, 0.15) is 16.8 Å². The highest BCUT2D eigenvalue weighted by Crippen LogP contribution is 2.15. The quantitative estimate of drug-likeness (QED) is 0.857. The molecule has 1 N–H and O–H groups in total. The van der Waals surface area contributed by atoms with Crippen LogP contribution < -0.4 is 0 Å². The number of aliphatic hydroxyl groups excluding tert-OH is 1. The third-order valence-corrected chi connectivity index (χ3v) is 2.93. The van der Waals surface area contributed by atoms with Crippen molar-refractivity contribution in [2.75, 3.05) is 6.61 Å². The normalized spacial score (nSPS) is 10.1. The van der Waals surface area contributed by atoms with Crippen LogP contribution in [0.4, 0.5) is 4.39 Å². The topological polar surface area (TPSA) is 38.0 Å². The molecule has 5 heteroatoms. The van der Waals surface area contributed by atoms with Gasteiger partial charge in [-0.1, -0.05) is 29.5 Å². The van der Waals surface area contributed by atoms with Gasteiger partial charge >= 0.3 is 0 Å². The lowest BCUT2D eigenvalue weighted by Crippen LogP contribution is -2.01. The zero-order valence-electron chi connectivity index (χ0n) is 10.3. The van der Waals surface area contributed by atoms with Crippen molar-refractivity contribution >= 4 is 11.6 Å². The molecule has 19 heavy (non-hydrogen) atoms. The molecule has 0 spiro atoms. The van der Waals surface area contributed by atoms with E-state index in [1.165, 1.54) is 6.07 Å².